The number of carbonyl (C=O) groups is 1. The Morgan fingerprint density at radius 2 is 1.96 bits per heavy atom. The molecule has 25 heavy (non-hydrogen) atoms. The number of oxime groups is 1. The van der Waals surface area contributed by atoms with Crippen molar-refractivity contribution in [2.24, 2.45) is 10.9 Å². The van der Waals surface area contributed by atoms with E-state index in [1.54, 1.807) is 12.1 Å². The molecule has 0 radical (unpaired) electrons. The smallest absolute Gasteiger partial charge is 0.366 e. The average Bonchev–Trinajstić information content (AvgIpc) is 2.59. The first kappa shape index (κ1) is 18.5. The van der Waals surface area contributed by atoms with Gasteiger partial charge in [-0.2, -0.15) is 0 Å². The molecule has 10 heteroatoms. The lowest BCUT2D eigenvalue weighted by Crippen LogP contribution is -2.16. The number of amidine groups is 1. The number of hydrogen-bond donors (Lipinski definition) is 1. The Kier molecular flexibility index (Phi) is 5.79. The van der Waals surface area contributed by atoms with Gasteiger partial charge in [0.1, 0.15) is 10.8 Å². The lowest BCUT2D eigenvalue weighted by molar-refractivity contribution is -0.384. The Labute approximate surface area is 151 Å². The summed E-state index contributed by atoms with van der Waals surface area (Å²) in [6, 6.07) is 8.11. The zero-order valence-electron chi connectivity index (χ0n) is 12.7. The first-order chi connectivity index (χ1) is 11.8. The molecular weight excluding hydrogens is 373 g/mol. The lowest BCUT2D eigenvalue weighted by Gasteiger charge is -2.07. The quantitative estimate of drug-likeness (QED) is 0.278. The monoisotopic (exact) mass is 383 g/mol. The summed E-state index contributed by atoms with van der Waals surface area (Å²) in [7, 11) is 1.43. The van der Waals surface area contributed by atoms with Gasteiger partial charge in [0.25, 0.3) is 5.69 Å². The zero-order valence-corrected chi connectivity index (χ0v) is 14.2. The molecule has 0 saturated heterocycles. The molecular formula is C15H11Cl2N3O5. The molecule has 0 amide bonds. The van der Waals surface area contributed by atoms with Crippen molar-refractivity contribution in [1.29, 1.82) is 0 Å². The van der Waals surface area contributed by atoms with Crippen molar-refractivity contribution in [2.75, 3.05) is 7.11 Å². The number of carbonyl (C=O) groups excluding carboxylic acids is 1. The predicted molar refractivity (Wildman–Crippen MR) is 92.3 cm³/mol. The van der Waals surface area contributed by atoms with Crippen molar-refractivity contribution in [3.05, 3.63) is 67.7 Å². The number of nitrogens with zero attached hydrogens (tertiary/aromatic N) is 2. The van der Waals surface area contributed by atoms with Crippen LogP contribution in [0.1, 0.15) is 15.9 Å². The van der Waals surface area contributed by atoms with Gasteiger partial charge in [-0.25, -0.2) is 4.79 Å². The fourth-order valence-corrected chi connectivity index (χ4v) is 2.21. The van der Waals surface area contributed by atoms with Gasteiger partial charge in [-0.05, 0) is 30.3 Å². The van der Waals surface area contributed by atoms with E-state index in [1.165, 1.54) is 25.3 Å². The van der Waals surface area contributed by atoms with Crippen LogP contribution in [0.25, 0.3) is 0 Å². The van der Waals surface area contributed by atoms with Crippen LogP contribution in [0, 0.1) is 10.1 Å². The Morgan fingerprint density at radius 3 is 2.60 bits per heavy atom. The summed E-state index contributed by atoms with van der Waals surface area (Å²) in [5.41, 5.74) is 5.57. The lowest BCUT2D eigenvalue weighted by atomic mass is 10.2. The molecule has 0 atom stereocenters. The van der Waals surface area contributed by atoms with Gasteiger partial charge in [-0.3, -0.25) is 10.1 Å². The van der Waals surface area contributed by atoms with E-state index in [1.807, 2.05) is 0 Å². The number of halogens is 2. The molecule has 0 bridgehead atoms. The third kappa shape index (κ3) is 4.37. The minimum absolute atomic E-state index is 0.103. The van der Waals surface area contributed by atoms with E-state index >= 15 is 0 Å². The van der Waals surface area contributed by atoms with Crippen molar-refractivity contribution < 1.29 is 19.3 Å². The van der Waals surface area contributed by atoms with Crippen molar-refractivity contribution in [3.63, 3.8) is 0 Å². The van der Waals surface area contributed by atoms with Gasteiger partial charge in [0.05, 0.1) is 23.2 Å². The molecule has 0 saturated carbocycles. The van der Waals surface area contributed by atoms with E-state index < -0.39 is 16.6 Å². The van der Waals surface area contributed by atoms with Gasteiger partial charge < -0.3 is 15.3 Å². The second-order valence-electron chi connectivity index (χ2n) is 4.62. The summed E-state index contributed by atoms with van der Waals surface area (Å²) in [6.45, 7) is 0. The molecule has 0 spiro atoms. The second kappa shape index (κ2) is 7.82. The molecule has 0 aliphatic carbocycles. The SMILES string of the molecule is COc1ccc(Cl)cc1/C(N)=N/OC(=O)c1ccc(Cl)c([N+](=O)[O-])c1. The standard InChI is InChI=1S/C15H11Cl2N3O5/c1-24-13-5-3-9(16)7-10(13)14(18)19-25-15(21)8-2-4-11(17)12(6-8)20(22)23/h2-7H,1H3,(H2,18,19). The number of methoxy groups -OCH3 is 1. The predicted octanol–water partition coefficient (Wildman–Crippen LogP) is 3.39. The summed E-state index contributed by atoms with van der Waals surface area (Å²) in [6.07, 6.45) is 0. The molecule has 8 nitrogen and oxygen atoms in total. The van der Waals surface area contributed by atoms with Gasteiger partial charge in [0.15, 0.2) is 5.84 Å². The largest absolute Gasteiger partial charge is 0.496 e. The molecule has 2 aromatic rings. The molecule has 0 fully saturated rings. The third-order valence-electron chi connectivity index (χ3n) is 3.04. The van der Waals surface area contributed by atoms with Crippen LogP contribution < -0.4 is 10.5 Å². The van der Waals surface area contributed by atoms with Crippen molar-refractivity contribution in [1.82, 2.24) is 0 Å². The maximum atomic E-state index is 12.0. The highest BCUT2D eigenvalue weighted by Gasteiger charge is 2.18. The third-order valence-corrected chi connectivity index (χ3v) is 3.60. The van der Waals surface area contributed by atoms with Crippen LogP contribution in [0.3, 0.4) is 0 Å². The Bertz CT molecular complexity index is 870. The summed E-state index contributed by atoms with van der Waals surface area (Å²) in [5.74, 6) is -0.719. The maximum Gasteiger partial charge on any atom is 0.366 e. The van der Waals surface area contributed by atoms with E-state index in [4.69, 9.17) is 38.5 Å². The number of nitro benzene ring substituents is 1. The summed E-state index contributed by atoms with van der Waals surface area (Å²) in [5, 5.41) is 14.6. The topological polar surface area (TPSA) is 117 Å². The molecule has 130 valence electrons. The minimum atomic E-state index is -0.941. The highest BCUT2D eigenvalue weighted by molar-refractivity contribution is 6.32. The molecule has 0 heterocycles. The van der Waals surface area contributed by atoms with Gasteiger partial charge >= 0.3 is 5.97 Å². The van der Waals surface area contributed by atoms with Crippen LogP contribution in [-0.4, -0.2) is 23.8 Å². The molecule has 0 aromatic heterocycles. The Morgan fingerprint density at radius 1 is 1.24 bits per heavy atom. The summed E-state index contributed by atoms with van der Waals surface area (Å²) in [4.78, 5) is 26.8. The molecule has 2 rings (SSSR count). The van der Waals surface area contributed by atoms with Crippen molar-refractivity contribution in [2.45, 2.75) is 0 Å². The minimum Gasteiger partial charge on any atom is -0.496 e. The van der Waals surface area contributed by atoms with Crippen LogP contribution in [-0.2, 0) is 4.84 Å². The number of nitrogens with two attached hydrogens (primary N) is 1. The van der Waals surface area contributed by atoms with Crippen LogP contribution in [0.4, 0.5) is 5.69 Å². The van der Waals surface area contributed by atoms with E-state index in [0.29, 0.717) is 16.3 Å². The normalized spacial score (nSPS) is 11.1. The highest BCUT2D eigenvalue weighted by atomic mass is 35.5. The summed E-state index contributed by atoms with van der Waals surface area (Å²) >= 11 is 11.6. The number of ether oxygens (including phenoxy) is 1. The highest BCUT2D eigenvalue weighted by Crippen LogP contribution is 2.26. The average molecular weight is 384 g/mol. The number of nitro groups is 1. The first-order valence-corrected chi connectivity index (χ1v) is 7.41. The summed E-state index contributed by atoms with van der Waals surface area (Å²) < 4.78 is 5.12. The fourth-order valence-electron chi connectivity index (χ4n) is 1.85. The number of benzene rings is 2. The van der Waals surface area contributed by atoms with Crippen LogP contribution in [0.5, 0.6) is 5.75 Å². The molecule has 0 aliphatic rings. The number of rotatable bonds is 5. The van der Waals surface area contributed by atoms with Gasteiger partial charge in [-0.15, -0.1) is 0 Å². The van der Waals surface area contributed by atoms with Crippen molar-refractivity contribution >= 4 is 40.7 Å². The molecule has 2 N–H and O–H groups in total. The second-order valence-corrected chi connectivity index (χ2v) is 5.47. The first-order valence-electron chi connectivity index (χ1n) is 6.66. The van der Waals surface area contributed by atoms with Crippen LogP contribution in [0.2, 0.25) is 10.0 Å². The molecule has 0 aliphatic heterocycles. The maximum absolute atomic E-state index is 12.0. The van der Waals surface area contributed by atoms with Gasteiger partial charge in [0.2, 0.25) is 0 Å². The zero-order chi connectivity index (χ0) is 18.6. The molecule has 2 aromatic carbocycles. The van der Waals surface area contributed by atoms with E-state index in [9.17, 15) is 14.9 Å². The number of hydrogen-bond acceptors (Lipinski definition) is 6. The van der Waals surface area contributed by atoms with Gasteiger partial charge in [0, 0.05) is 11.1 Å². The van der Waals surface area contributed by atoms with E-state index in [0.717, 1.165) is 6.07 Å². The Balaban J connectivity index is 2.24. The van der Waals surface area contributed by atoms with Crippen molar-refractivity contribution in [3.8, 4) is 5.75 Å². The van der Waals surface area contributed by atoms with E-state index in [-0.39, 0.29) is 16.4 Å². The van der Waals surface area contributed by atoms with Crippen LogP contribution in [0.15, 0.2) is 41.6 Å². The fraction of sp³-hybridized carbons (Fsp3) is 0.0667. The van der Waals surface area contributed by atoms with Crippen LogP contribution >= 0.6 is 23.2 Å². The van der Waals surface area contributed by atoms with E-state index in [2.05, 4.69) is 5.16 Å². The van der Waals surface area contributed by atoms with Gasteiger partial charge in [-0.1, -0.05) is 28.4 Å². The molecule has 0 unspecified atom stereocenters. The Hall–Kier alpha value is -2.84.